The molecule has 0 aromatic carbocycles. The molecule has 0 saturated heterocycles. The Kier molecular flexibility index (Phi) is 4.51. The zero-order chi connectivity index (χ0) is 11.5. The maximum atomic E-state index is 11.6. The number of nitrogens with zero attached hydrogens (tertiary/aromatic N) is 1. The van der Waals surface area contributed by atoms with Crippen molar-refractivity contribution in [2.45, 2.75) is 32.3 Å². The predicted molar refractivity (Wildman–Crippen MR) is 58.6 cm³/mol. The van der Waals surface area contributed by atoms with Crippen LogP contribution in [0.15, 0.2) is 0 Å². The van der Waals surface area contributed by atoms with Gasteiger partial charge in [0.2, 0.25) is 0 Å². The van der Waals surface area contributed by atoms with Gasteiger partial charge < -0.3 is 5.11 Å². The first-order chi connectivity index (χ1) is 6.95. The molecule has 0 radical (unpaired) electrons. The Hall–Kier alpha value is -0.170. The second kappa shape index (κ2) is 5.25. The number of rotatable bonds is 6. The Morgan fingerprint density at radius 1 is 1.47 bits per heavy atom. The molecule has 0 bridgehead atoms. The Bertz CT molecular complexity index is 286. The van der Waals surface area contributed by atoms with Gasteiger partial charge in [0.25, 0.3) is 10.2 Å². The quantitative estimate of drug-likeness (QED) is 0.678. The Morgan fingerprint density at radius 2 is 2.07 bits per heavy atom. The number of aliphatic hydroxyl groups excluding tert-OH is 1. The number of nitrogens with one attached hydrogen (secondary N) is 1. The van der Waals surface area contributed by atoms with Gasteiger partial charge in [-0.2, -0.15) is 12.7 Å². The van der Waals surface area contributed by atoms with Crippen LogP contribution in [0.1, 0.15) is 26.2 Å². The van der Waals surface area contributed by atoms with E-state index in [1.165, 1.54) is 4.31 Å². The lowest BCUT2D eigenvalue weighted by Gasteiger charge is -2.33. The highest BCUT2D eigenvalue weighted by atomic mass is 32.2. The third-order valence-electron chi connectivity index (χ3n) is 2.67. The van der Waals surface area contributed by atoms with E-state index in [1.807, 2.05) is 6.92 Å². The molecular weight excluding hydrogens is 216 g/mol. The smallest absolute Gasteiger partial charge is 0.279 e. The first-order valence-electron chi connectivity index (χ1n) is 5.34. The molecular formula is C9H20N2O3S. The molecule has 1 saturated carbocycles. The van der Waals surface area contributed by atoms with E-state index in [-0.39, 0.29) is 6.10 Å². The fourth-order valence-electron chi connectivity index (χ4n) is 1.65. The summed E-state index contributed by atoms with van der Waals surface area (Å²) in [5, 5.41) is 9.09. The van der Waals surface area contributed by atoms with E-state index in [2.05, 4.69) is 4.72 Å². The standard InChI is InChI=1S/C9H20N2O3S/c1-3-4-10-15(13,14)11(2)7-8-5-9(12)6-8/h8-10,12H,3-7H2,1-2H3. The van der Waals surface area contributed by atoms with Crippen molar-refractivity contribution >= 4 is 10.2 Å². The van der Waals surface area contributed by atoms with Gasteiger partial charge in [0.05, 0.1) is 6.10 Å². The molecule has 15 heavy (non-hydrogen) atoms. The molecule has 0 aromatic rings. The largest absolute Gasteiger partial charge is 0.393 e. The molecule has 0 aliphatic heterocycles. The van der Waals surface area contributed by atoms with Crippen LogP contribution in [-0.2, 0) is 10.2 Å². The monoisotopic (exact) mass is 236 g/mol. The van der Waals surface area contributed by atoms with E-state index < -0.39 is 10.2 Å². The van der Waals surface area contributed by atoms with E-state index in [9.17, 15) is 8.42 Å². The van der Waals surface area contributed by atoms with Crippen molar-refractivity contribution < 1.29 is 13.5 Å². The number of hydrogen-bond acceptors (Lipinski definition) is 3. The summed E-state index contributed by atoms with van der Waals surface area (Å²) in [5.74, 6) is 0.309. The van der Waals surface area contributed by atoms with Gasteiger partial charge in [-0.1, -0.05) is 6.92 Å². The van der Waals surface area contributed by atoms with Crippen LogP contribution in [0.25, 0.3) is 0 Å². The first-order valence-corrected chi connectivity index (χ1v) is 6.78. The molecule has 1 rings (SSSR count). The minimum atomic E-state index is -3.31. The molecule has 0 heterocycles. The third kappa shape index (κ3) is 3.71. The van der Waals surface area contributed by atoms with Crippen molar-refractivity contribution in [2.24, 2.45) is 5.92 Å². The molecule has 0 aromatic heterocycles. The van der Waals surface area contributed by atoms with Gasteiger partial charge in [0, 0.05) is 20.1 Å². The van der Waals surface area contributed by atoms with Gasteiger partial charge in [0.15, 0.2) is 0 Å². The molecule has 1 aliphatic rings. The van der Waals surface area contributed by atoms with Crippen LogP contribution in [0.4, 0.5) is 0 Å². The van der Waals surface area contributed by atoms with Gasteiger partial charge in [-0.15, -0.1) is 0 Å². The first kappa shape index (κ1) is 12.9. The lowest BCUT2D eigenvalue weighted by molar-refractivity contribution is 0.0366. The van der Waals surface area contributed by atoms with Crippen LogP contribution in [0.5, 0.6) is 0 Å². The molecule has 1 aliphatic carbocycles. The van der Waals surface area contributed by atoms with Crippen LogP contribution in [0, 0.1) is 5.92 Å². The highest BCUT2D eigenvalue weighted by molar-refractivity contribution is 7.87. The second-order valence-electron chi connectivity index (χ2n) is 4.17. The lowest BCUT2D eigenvalue weighted by atomic mass is 9.82. The van der Waals surface area contributed by atoms with E-state index in [0.717, 1.165) is 6.42 Å². The van der Waals surface area contributed by atoms with Gasteiger partial charge in [0.1, 0.15) is 0 Å². The van der Waals surface area contributed by atoms with E-state index in [4.69, 9.17) is 5.11 Å². The number of aliphatic hydroxyl groups is 1. The summed E-state index contributed by atoms with van der Waals surface area (Å²) in [5.41, 5.74) is 0. The Labute approximate surface area is 91.7 Å². The van der Waals surface area contributed by atoms with Gasteiger partial charge in [-0.25, -0.2) is 4.72 Å². The molecule has 2 N–H and O–H groups in total. The zero-order valence-corrected chi connectivity index (χ0v) is 10.1. The van der Waals surface area contributed by atoms with Crippen LogP contribution in [0.3, 0.4) is 0 Å². The van der Waals surface area contributed by atoms with Gasteiger partial charge in [-0.05, 0) is 25.2 Å². The van der Waals surface area contributed by atoms with Crippen LogP contribution < -0.4 is 4.72 Å². The molecule has 0 unspecified atom stereocenters. The Morgan fingerprint density at radius 3 is 2.53 bits per heavy atom. The van der Waals surface area contributed by atoms with Crippen molar-refractivity contribution in [1.29, 1.82) is 0 Å². The molecule has 1 fully saturated rings. The summed E-state index contributed by atoms with van der Waals surface area (Å²) in [6.45, 7) is 2.89. The summed E-state index contributed by atoms with van der Waals surface area (Å²) in [6.07, 6.45) is 1.99. The van der Waals surface area contributed by atoms with Crippen LogP contribution in [0.2, 0.25) is 0 Å². The zero-order valence-electron chi connectivity index (χ0n) is 9.31. The summed E-state index contributed by atoms with van der Waals surface area (Å²) in [6, 6.07) is 0. The highest BCUT2D eigenvalue weighted by Gasteiger charge is 2.30. The summed E-state index contributed by atoms with van der Waals surface area (Å²) >= 11 is 0. The SMILES string of the molecule is CCCNS(=O)(=O)N(C)CC1CC(O)C1. The van der Waals surface area contributed by atoms with Crippen LogP contribution in [-0.4, -0.2) is 44.1 Å². The fraction of sp³-hybridized carbons (Fsp3) is 1.00. The molecule has 6 heteroatoms. The summed E-state index contributed by atoms with van der Waals surface area (Å²) in [7, 11) is -1.74. The third-order valence-corrected chi connectivity index (χ3v) is 4.21. The maximum absolute atomic E-state index is 11.6. The topological polar surface area (TPSA) is 69.6 Å². The van der Waals surface area contributed by atoms with Crippen molar-refractivity contribution in [3.63, 3.8) is 0 Å². The molecule has 0 spiro atoms. The van der Waals surface area contributed by atoms with E-state index in [1.54, 1.807) is 7.05 Å². The van der Waals surface area contributed by atoms with E-state index >= 15 is 0 Å². The minimum Gasteiger partial charge on any atom is -0.393 e. The number of hydrogen-bond donors (Lipinski definition) is 2. The van der Waals surface area contributed by atoms with Gasteiger partial charge >= 0.3 is 0 Å². The van der Waals surface area contributed by atoms with E-state index in [0.29, 0.717) is 31.8 Å². The lowest BCUT2D eigenvalue weighted by Crippen LogP contribution is -2.44. The average molecular weight is 236 g/mol. The van der Waals surface area contributed by atoms with Crippen molar-refractivity contribution in [3.05, 3.63) is 0 Å². The summed E-state index contributed by atoms with van der Waals surface area (Å²) < 4.78 is 27.0. The van der Waals surface area contributed by atoms with Crippen molar-refractivity contribution in [2.75, 3.05) is 20.1 Å². The highest BCUT2D eigenvalue weighted by Crippen LogP contribution is 2.27. The second-order valence-corrected chi connectivity index (χ2v) is 6.03. The minimum absolute atomic E-state index is 0.227. The molecule has 0 amide bonds. The normalized spacial score (nSPS) is 26.7. The van der Waals surface area contributed by atoms with Crippen molar-refractivity contribution in [3.8, 4) is 0 Å². The fourth-order valence-corrected chi connectivity index (χ4v) is 2.74. The predicted octanol–water partition coefficient (Wildman–Crippen LogP) is -0.0665. The van der Waals surface area contributed by atoms with Crippen molar-refractivity contribution in [1.82, 2.24) is 9.03 Å². The van der Waals surface area contributed by atoms with Gasteiger partial charge in [-0.3, -0.25) is 0 Å². The average Bonchev–Trinajstić information content (AvgIpc) is 2.12. The van der Waals surface area contributed by atoms with Crippen LogP contribution >= 0.6 is 0 Å². The summed E-state index contributed by atoms with van der Waals surface area (Å²) in [4.78, 5) is 0. The Balaban J connectivity index is 2.35. The maximum Gasteiger partial charge on any atom is 0.279 e. The molecule has 0 atom stereocenters. The molecule has 5 nitrogen and oxygen atoms in total. The molecule has 90 valence electrons.